The molecule has 340 valence electrons. The Morgan fingerprint density at radius 3 is 1.52 bits per heavy atom. The number of amides is 1. The van der Waals surface area contributed by atoms with Gasteiger partial charge in [-0.15, -0.1) is 0 Å². The Bertz CT molecular complexity index is 1140. The maximum atomic E-state index is 13.0. The van der Waals surface area contributed by atoms with Crippen molar-refractivity contribution in [1.82, 2.24) is 5.32 Å². The van der Waals surface area contributed by atoms with E-state index in [1.165, 1.54) is 96.0 Å². The number of unbranched alkanes of at least 4 members (excludes halogenated alkanes) is 19. The molecule has 8 unspecified atom stereocenters. The Morgan fingerprint density at radius 2 is 1.02 bits per heavy atom. The van der Waals surface area contributed by atoms with Crippen LogP contribution in [0.3, 0.4) is 0 Å². The molecular weight excluding hydrogens is 765 g/mol. The van der Waals surface area contributed by atoms with Crippen LogP contribution in [0, 0.1) is 0 Å². The Morgan fingerprint density at radius 1 is 0.603 bits per heavy atom. The van der Waals surface area contributed by atoms with Gasteiger partial charge in [-0.2, -0.15) is 0 Å². The van der Waals surface area contributed by atoms with Crippen molar-refractivity contribution in [2.24, 2.45) is 0 Å². The lowest BCUT2D eigenvalue weighted by Crippen LogP contribution is -2.64. The van der Waals surface area contributed by atoms with Crippen molar-refractivity contribution in [1.29, 1.82) is 0 Å². The highest BCUT2D eigenvalue weighted by Gasteiger charge is 2.51. The number of allylic oxidation sites excluding steroid dienone is 5. The van der Waals surface area contributed by atoms with E-state index in [9.17, 15) is 50.0 Å². The number of aliphatic hydroxyl groups is 7. The summed E-state index contributed by atoms with van der Waals surface area (Å²) in [5.41, 5.74) is 0. The number of carbonyl (C=O) groups excluding carboxylic acids is 1. The number of hydrogen-bond donors (Lipinski definition) is 9. The van der Waals surface area contributed by atoms with E-state index in [0.29, 0.717) is 19.3 Å². The van der Waals surface area contributed by atoms with Gasteiger partial charge in [0.2, 0.25) is 5.91 Å². The highest BCUT2D eigenvalue weighted by Crippen LogP contribution is 2.47. The molecule has 0 radical (unpaired) electrons. The molecule has 0 saturated heterocycles. The standard InChI is InChI=1S/C44H82NO12P/c1-3-5-7-9-11-13-15-17-18-19-20-22-24-26-28-30-32-37(47)36(34-56-58(54,55)57-44-42(52)40(50)39(49)41(51)43(44)53)45-38(48)33-35(46)31-29-27-25-23-21-16-14-12-10-8-6-4-2/h17-18,22,24,30,32,35-37,39-44,46-47,49-53H,3-16,19-21,23,25-29,31,33-34H2,1-2H3,(H,45,48)(H,54,55)/b18-17+,24-22+,32-30+. The second-order valence-corrected chi connectivity index (χ2v) is 17.5. The first-order chi connectivity index (χ1) is 27.8. The topological polar surface area (TPSA) is 226 Å². The molecule has 14 heteroatoms. The monoisotopic (exact) mass is 848 g/mol. The molecule has 8 atom stereocenters. The van der Waals surface area contributed by atoms with Crippen molar-refractivity contribution >= 4 is 13.7 Å². The third kappa shape index (κ3) is 26.0. The van der Waals surface area contributed by atoms with Crippen molar-refractivity contribution in [3.8, 4) is 0 Å². The minimum Gasteiger partial charge on any atom is -0.393 e. The minimum absolute atomic E-state index is 0.254. The fourth-order valence-electron chi connectivity index (χ4n) is 6.98. The summed E-state index contributed by atoms with van der Waals surface area (Å²) < 4.78 is 22.8. The van der Waals surface area contributed by atoms with Crippen molar-refractivity contribution in [3.05, 3.63) is 36.5 Å². The van der Waals surface area contributed by atoms with Gasteiger partial charge < -0.3 is 46.0 Å². The van der Waals surface area contributed by atoms with Crippen LogP contribution in [-0.4, -0.2) is 108 Å². The van der Waals surface area contributed by atoms with Crippen LogP contribution in [0.15, 0.2) is 36.5 Å². The average Bonchev–Trinajstić information content (AvgIpc) is 3.19. The number of hydrogen-bond acceptors (Lipinski definition) is 11. The Labute approximate surface area is 349 Å². The minimum atomic E-state index is -5.15. The Kier molecular flexibility index (Phi) is 32.1. The highest BCUT2D eigenvalue weighted by atomic mass is 31.2. The fraction of sp³-hybridized carbons (Fsp3) is 0.841. The predicted octanol–water partition coefficient (Wildman–Crippen LogP) is 6.97. The van der Waals surface area contributed by atoms with Crippen LogP contribution in [-0.2, 0) is 18.4 Å². The first-order valence-electron chi connectivity index (χ1n) is 22.5. The first-order valence-corrected chi connectivity index (χ1v) is 24.0. The van der Waals surface area contributed by atoms with Crippen molar-refractivity contribution in [2.45, 2.75) is 229 Å². The van der Waals surface area contributed by atoms with Gasteiger partial charge in [0.25, 0.3) is 0 Å². The van der Waals surface area contributed by atoms with E-state index in [-0.39, 0.29) is 6.42 Å². The van der Waals surface area contributed by atoms with Crippen LogP contribution in [0.5, 0.6) is 0 Å². The summed E-state index contributed by atoms with van der Waals surface area (Å²) in [5, 5.41) is 74.3. The fourth-order valence-corrected chi connectivity index (χ4v) is 7.94. The van der Waals surface area contributed by atoms with Crippen molar-refractivity contribution in [3.63, 3.8) is 0 Å². The van der Waals surface area contributed by atoms with Crippen molar-refractivity contribution < 1.29 is 59.0 Å². The summed E-state index contributed by atoms with van der Waals surface area (Å²) in [6.07, 6.45) is 23.8. The summed E-state index contributed by atoms with van der Waals surface area (Å²) in [6.45, 7) is 3.69. The molecule has 9 N–H and O–H groups in total. The molecule has 0 aliphatic heterocycles. The number of nitrogens with one attached hydrogen (secondary N) is 1. The van der Waals surface area contributed by atoms with E-state index >= 15 is 0 Å². The van der Waals surface area contributed by atoms with Gasteiger partial charge in [0.15, 0.2) is 0 Å². The summed E-state index contributed by atoms with van der Waals surface area (Å²) in [4.78, 5) is 23.4. The van der Waals surface area contributed by atoms with Crippen LogP contribution < -0.4 is 5.32 Å². The molecule has 0 aromatic carbocycles. The van der Waals surface area contributed by atoms with Gasteiger partial charge in [-0.05, 0) is 44.9 Å². The van der Waals surface area contributed by atoms with Gasteiger partial charge >= 0.3 is 7.82 Å². The van der Waals surface area contributed by atoms with Crippen LogP contribution in [0.25, 0.3) is 0 Å². The molecule has 1 aliphatic carbocycles. The van der Waals surface area contributed by atoms with Crippen molar-refractivity contribution in [2.75, 3.05) is 6.61 Å². The third-order valence-electron chi connectivity index (χ3n) is 10.7. The zero-order valence-corrected chi connectivity index (χ0v) is 36.6. The van der Waals surface area contributed by atoms with Gasteiger partial charge in [-0.3, -0.25) is 13.8 Å². The van der Waals surface area contributed by atoms with Gasteiger partial charge in [0.1, 0.15) is 36.6 Å². The number of rotatable bonds is 36. The van der Waals surface area contributed by atoms with E-state index in [2.05, 4.69) is 43.5 Å². The van der Waals surface area contributed by atoms with Crippen LogP contribution >= 0.6 is 7.82 Å². The summed E-state index contributed by atoms with van der Waals surface area (Å²) >= 11 is 0. The van der Waals surface area contributed by atoms with Gasteiger partial charge in [-0.25, -0.2) is 4.57 Å². The lowest BCUT2D eigenvalue weighted by atomic mass is 9.85. The third-order valence-corrected chi connectivity index (χ3v) is 11.7. The number of carbonyl (C=O) groups is 1. The number of aliphatic hydroxyl groups excluding tert-OH is 7. The SMILES string of the molecule is CCCCCCCC/C=C/CC/C=C/CC/C=C/C(O)C(COP(=O)(O)OC1C(O)C(O)C(O)C(O)C1O)NC(=O)CC(O)CCCCCCCCCCCCCC. The van der Waals surface area contributed by atoms with E-state index in [0.717, 1.165) is 44.9 Å². The van der Waals surface area contributed by atoms with Gasteiger partial charge in [0.05, 0.1) is 31.3 Å². The number of phosphoric ester groups is 1. The molecule has 1 rings (SSSR count). The normalized spacial score (nSPS) is 24.1. The largest absolute Gasteiger partial charge is 0.472 e. The maximum absolute atomic E-state index is 13.0. The molecule has 0 spiro atoms. The smallest absolute Gasteiger partial charge is 0.393 e. The molecule has 1 saturated carbocycles. The molecular formula is C44H82NO12P. The molecule has 1 fully saturated rings. The maximum Gasteiger partial charge on any atom is 0.472 e. The second kappa shape index (κ2) is 34.1. The molecule has 0 aromatic rings. The molecule has 13 nitrogen and oxygen atoms in total. The lowest BCUT2D eigenvalue weighted by molar-refractivity contribution is -0.220. The van der Waals surface area contributed by atoms with Gasteiger partial charge in [-0.1, -0.05) is 159 Å². The first kappa shape index (κ1) is 54.5. The predicted molar refractivity (Wildman–Crippen MR) is 229 cm³/mol. The Balaban J connectivity index is 2.63. The molecule has 0 bridgehead atoms. The lowest BCUT2D eigenvalue weighted by Gasteiger charge is -2.41. The van der Waals surface area contributed by atoms with E-state index in [4.69, 9.17) is 9.05 Å². The highest BCUT2D eigenvalue weighted by molar-refractivity contribution is 7.47. The zero-order valence-electron chi connectivity index (χ0n) is 35.7. The Hall–Kier alpha value is -1.48. The van der Waals surface area contributed by atoms with E-state index in [1.54, 1.807) is 6.08 Å². The van der Waals surface area contributed by atoms with E-state index in [1.807, 2.05) is 0 Å². The van der Waals surface area contributed by atoms with Gasteiger partial charge in [0, 0.05) is 0 Å². The molecule has 58 heavy (non-hydrogen) atoms. The molecule has 0 aromatic heterocycles. The molecule has 1 aliphatic rings. The summed E-state index contributed by atoms with van der Waals surface area (Å²) in [5.74, 6) is -0.608. The molecule has 0 heterocycles. The average molecular weight is 848 g/mol. The summed E-state index contributed by atoms with van der Waals surface area (Å²) in [7, 11) is -5.15. The van der Waals surface area contributed by atoms with Crippen LogP contribution in [0.2, 0.25) is 0 Å². The second-order valence-electron chi connectivity index (χ2n) is 16.1. The van der Waals surface area contributed by atoms with Crippen LogP contribution in [0.4, 0.5) is 0 Å². The zero-order chi connectivity index (χ0) is 43.0. The quantitative estimate of drug-likeness (QED) is 0.0177. The van der Waals surface area contributed by atoms with Crippen LogP contribution in [0.1, 0.15) is 174 Å². The van der Waals surface area contributed by atoms with E-state index < -0.39 is 75.2 Å². The number of phosphoric acid groups is 1. The molecule has 1 amide bonds. The summed E-state index contributed by atoms with van der Waals surface area (Å²) in [6, 6.07) is -1.26.